The van der Waals surface area contributed by atoms with Crippen molar-refractivity contribution in [1.82, 2.24) is 15.1 Å². The van der Waals surface area contributed by atoms with E-state index in [1.807, 2.05) is 24.0 Å². The molecule has 1 aromatic carbocycles. The number of anilines is 1. The zero-order chi connectivity index (χ0) is 13.9. The first-order chi connectivity index (χ1) is 9.78. The van der Waals surface area contributed by atoms with Crippen molar-refractivity contribution in [2.45, 2.75) is 19.9 Å². The Labute approximate surface area is 121 Å². The van der Waals surface area contributed by atoms with Gasteiger partial charge in [0.2, 0.25) is 10.1 Å². The first kappa shape index (κ1) is 13.1. The smallest absolute Gasteiger partial charge is 0.285 e. The van der Waals surface area contributed by atoms with Crippen molar-refractivity contribution in [3.05, 3.63) is 40.4 Å². The molecule has 6 heteroatoms. The summed E-state index contributed by atoms with van der Waals surface area (Å²) in [5.74, 6) is -0.0267. The number of benzene rings is 1. The zero-order valence-electron chi connectivity index (χ0n) is 11.3. The van der Waals surface area contributed by atoms with Crippen LogP contribution in [0.5, 0.6) is 0 Å². The lowest BCUT2D eigenvalue weighted by Gasteiger charge is -2.27. The van der Waals surface area contributed by atoms with Gasteiger partial charge >= 0.3 is 0 Å². The van der Waals surface area contributed by atoms with Gasteiger partial charge in [-0.1, -0.05) is 35.6 Å². The second-order valence-corrected chi connectivity index (χ2v) is 5.67. The van der Waals surface area contributed by atoms with E-state index in [1.165, 1.54) is 22.5 Å². The van der Waals surface area contributed by atoms with Crippen LogP contribution in [0.3, 0.4) is 0 Å². The van der Waals surface area contributed by atoms with E-state index in [9.17, 15) is 4.79 Å². The highest BCUT2D eigenvalue weighted by atomic mass is 32.1. The molecule has 104 valence electrons. The Morgan fingerprint density at radius 2 is 2.15 bits per heavy atom. The molecule has 0 saturated heterocycles. The number of carbonyl (C=O) groups excluding carboxylic acids is 1. The SMILES string of the molecule is CCNc1nnc(C(=O)N2CCc3ccccc3C2)s1. The Morgan fingerprint density at radius 3 is 2.95 bits per heavy atom. The van der Waals surface area contributed by atoms with Gasteiger partial charge in [0.15, 0.2) is 0 Å². The first-order valence-corrected chi connectivity index (χ1v) is 7.53. The molecule has 0 bridgehead atoms. The molecule has 3 rings (SSSR count). The van der Waals surface area contributed by atoms with Crippen molar-refractivity contribution < 1.29 is 4.79 Å². The maximum absolute atomic E-state index is 12.4. The maximum Gasteiger partial charge on any atom is 0.285 e. The summed E-state index contributed by atoms with van der Waals surface area (Å²) in [6.07, 6.45) is 0.904. The molecule has 0 fully saturated rings. The predicted molar refractivity (Wildman–Crippen MR) is 79.0 cm³/mol. The minimum absolute atomic E-state index is 0.0267. The highest BCUT2D eigenvalue weighted by molar-refractivity contribution is 7.17. The number of hydrogen-bond acceptors (Lipinski definition) is 5. The molecule has 1 aliphatic rings. The van der Waals surface area contributed by atoms with E-state index in [4.69, 9.17) is 0 Å². The monoisotopic (exact) mass is 288 g/mol. The summed E-state index contributed by atoms with van der Waals surface area (Å²) in [6.45, 7) is 4.17. The minimum atomic E-state index is -0.0267. The van der Waals surface area contributed by atoms with Gasteiger partial charge in [0.1, 0.15) is 0 Å². The van der Waals surface area contributed by atoms with Gasteiger partial charge in [0, 0.05) is 19.6 Å². The molecule has 1 aromatic heterocycles. The van der Waals surface area contributed by atoms with Crippen LogP contribution >= 0.6 is 11.3 Å². The Bertz CT molecular complexity index is 625. The maximum atomic E-state index is 12.4. The van der Waals surface area contributed by atoms with E-state index in [0.29, 0.717) is 16.7 Å². The second kappa shape index (κ2) is 5.58. The van der Waals surface area contributed by atoms with Gasteiger partial charge in [-0.25, -0.2) is 0 Å². The van der Waals surface area contributed by atoms with Gasteiger partial charge in [0.05, 0.1) is 0 Å². The fraction of sp³-hybridized carbons (Fsp3) is 0.357. The highest BCUT2D eigenvalue weighted by Gasteiger charge is 2.24. The van der Waals surface area contributed by atoms with Crippen molar-refractivity contribution in [3.63, 3.8) is 0 Å². The second-order valence-electron chi connectivity index (χ2n) is 4.69. The molecule has 0 unspecified atom stereocenters. The Kier molecular flexibility index (Phi) is 3.64. The molecule has 1 N–H and O–H groups in total. The van der Waals surface area contributed by atoms with E-state index in [-0.39, 0.29) is 5.91 Å². The molecular formula is C14H16N4OS. The molecular weight excluding hydrogens is 272 g/mol. The van der Waals surface area contributed by atoms with Crippen LogP contribution in [0.1, 0.15) is 27.9 Å². The molecule has 0 saturated carbocycles. The summed E-state index contributed by atoms with van der Waals surface area (Å²) in [6, 6.07) is 8.27. The average Bonchev–Trinajstić information content (AvgIpc) is 2.95. The topological polar surface area (TPSA) is 58.1 Å². The number of aromatic nitrogens is 2. The van der Waals surface area contributed by atoms with Gasteiger partial charge in [-0.05, 0) is 24.5 Å². The molecule has 1 aliphatic heterocycles. The van der Waals surface area contributed by atoms with Gasteiger partial charge in [0.25, 0.3) is 5.91 Å². The normalized spacial score (nSPS) is 13.9. The molecule has 2 aromatic rings. The molecule has 20 heavy (non-hydrogen) atoms. The van der Waals surface area contributed by atoms with Crippen LogP contribution in [0.2, 0.25) is 0 Å². The van der Waals surface area contributed by atoms with Crippen molar-refractivity contribution in [2.24, 2.45) is 0 Å². The molecule has 1 amide bonds. The van der Waals surface area contributed by atoms with Crippen LogP contribution in [0.4, 0.5) is 5.13 Å². The predicted octanol–water partition coefficient (Wildman–Crippen LogP) is 2.17. The summed E-state index contributed by atoms with van der Waals surface area (Å²) >= 11 is 1.32. The van der Waals surface area contributed by atoms with Crippen LogP contribution in [0, 0.1) is 0 Å². The fourth-order valence-corrected chi connectivity index (χ4v) is 3.12. The Balaban J connectivity index is 1.75. The lowest BCUT2D eigenvalue weighted by molar-refractivity contribution is 0.0733. The molecule has 5 nitrogen and oxygen atoms in total. The Hall–Kier alpha value is -1.95. The molecule has 0 spiro atoms. The van der Waals surface area contributed by atoms with Crippen molar-refractivity contribution in [3.8, 4) is 0 Å². The van der Waals surface area contributed by atoms with Crippen LogP contribution in [-0.4, -0.2) is 34.1 Å². The fourth-order valence-electron chi connectivity index (χ4n) is 2.34. The third-order valence-corrected chi connectivity index (χ3v) is 4.22. The van der Waals surface area contributed by atoms with Gasteiger partial charge in [-0.2, -0.15) is 0 Å². The van der Waals surface area contributed by atoms with E-state index < -0.39 is 0 Å². The summed E-state index contributed by atoms with van der Waals surface area (Å²) in [4.78, 5) is 14.3. The zero-order valence-corrected chi connectivity index (χ0v) is 12.1. The number of carbonyl (C=O) groups is 1. The third-order valence-electron chi connectivity index (χ3n) is 3.35. The van der Waals surface area contributed by atoms with Gasteiger partial charge in [-0.15, -0.1) is 10.2 Å². The number of fused-ring (bicyclic) bond motifs is 1. The third kappa shape index (κ3) is 2.51. The average molecular weight is 288 g/mol. The molecule has 0 atom stereocenters. The lowest BCUT2D eigenvalue weighted by Crippen LogP contribution is -2.35. The van der Waals surface area contributed by atoms with Crippen molar-refractivity contribution >= 4 is 22.4 Å². The standard InChI is InChI=1S/C14H16N4OS/c1-2-15-14-17-16-12(20-14)13(19)18-8-7-10-5-3-4-6-11(10)9-18/h3-6H,2,7-9H2,1H3,(H,15,17). The van der Waals surface area contributed by atoms with Gasteiger partial charge in [-0.3, -0.25) is 4.79 Å². The van der Waals surface area contributed by atoms with E-state index in [2.05, 4.69) is 27.6 Å². The van der Waals surface area contributed by atoms with Crippen LogP contribution < -0.4 is 5.32 Å². The minimum Gasteiger partial charge on any atom is -0.360 e. The molecule has 2 heterocycles. The highest BCUT2D eigenvalue weighted by Crippen LogP contribution is 2.22. The summed E-state index contributed by atoms with van der Waals surface area (Å²) in [5, 5.41) is 12.2. The van der Waals surface area contributed by atoms with Crippen LogP contribution in [0.15, 0.2) is 24.3 Å². The van der Waals surface area contributed by atoms with Crippen molar-refractivity contribution in [1.29, 1.82) is 0 Å². The quantitative estimate of drug-likeness (QED) is 0.940. The summed E-state index contributed by atoms with van der Waals surface area (Å²) in [7, 11) is 0. The molecule has 0 aliphatic carbocycles. The number of amides is 1. The van der Waals surface area contributed by atoms with E-state index in [0.717, 1.165) is 19.5 Å². The van der Waals surface area contributed by atoms with Crippen LogP contribution in [-0.2, 0) is 13.0 Å². The van der Waals surface area contributed by atoms with Gasteiger partial charge < -0.3 is 10.2 Å². The number of hydrogen-bond donors (Lipinski definition) is 1. The van der Waals surface area contributed by atoms with E-state index in [1.54, 1.807) is 0 Å². The molecule has 0 radical (unpaired) electrons. The Morgan fingerprint density at radius 1 is 1.35 bits per heavy atom. The summed E-state index contributed by atoms with van der Waals surface area (Å²) < 4.78 is 0. The number of nitrogens with zero attached hydrogens (tertiary/aromatic N) is 3. The lowest BCUT2D eigenvalue weighted by atomic mass is 10.00. The van der Waals surface area contributed by atoms with Crippen LogP contribution in [0.25, 0.3) is 0 Å². The van der Waals surface area contributed by atoms with E-state index >= 15 is 0 Å². The summed E-state index contributed by atoms with van der Waals surface area (Å²) in [5.41, 5.74) is 2.56. The largest absolute Gasteiger partial charge is 0.360 e. The number of rotatable bonds is 3. The number of nitrogens with one attached hydrogen (secondary N) is 1. The van der Waals surface area contributed by atoms with Crippen molar-refractivity contribution in [2.75, 3.05) is 18.4 Å². The first-order valence-electron chi connectivity index (χ1n) is 6.71.